The van der Waals surface area contributed by atoms with Gasteiger partial charge in [-0.15, -0.1) is 0 Å². The molecular weight excluding hydrogens is 431 g/mol. The van der Waals surface area contributed by atoms with E-state index in [0.717, 1.165) is 24.7 Å². The molecular formula is C21H26F3N3O3S. The quantitative estimate of drug-likeness (QED) is 0.632. The van der Waals surface area contributed by atoms with Gasteiger partial charge in [-0.25, -0.2) is 8.42 Å². The maximum absolute atomic E-state index is 12.8. The van der Waals surface area contributed by atoms with Crippen LogP contribution in [0.25, 0.3) is 0 Å². The summed E-state index contributed by atoms with van der Waals surface area (Å²) in [5, 5.41) is 2.83. The molecule has 10 heteroatoms. The molecule has 0 spiro atoms. The smallest absolute Gasteiger partial charge is 0.351 e. The Labute approximate surface area is 180 Å². The predicted molar refractivity (Wildman–Crippen MR) is 113 cm³/mol. The fourth-order valence-electron chi connectivity index (χ4n) is 3.09. The highest BCUT2D eigenvalue weighted by Crippen LogP contribution is 2.31. The van der Waals surface area contributed by atoms with E-state index < -0.39 is 21.8 Å². The van der Waals surface area contributed by atoms with Crippen molar-refractivity contribution in [3.63, 3.8) is 0 Å². The molecule has 0 saturated carbocycles. The van der Waals surface area contributed by atoms with Crippen molar-refractivity contribution in [3.8, 4) is 0 Å². The van der Waals surface area contributed by atoms with Crippen LogP contribution in [-0.2, 0) is 16.2 Å². The molecule has 0 unspecified atom stereocenters. The van der Waals surface area contributed by atoms with Crippen LogP contribution in [-0.4, -0.2) is 46.4 Å². The van der Waals surface area contributed by atoms with Gasteiger partial charge in [0.15, 0.2) is 0 Å². The van der Waals surface area contributed by atoms with Gasteiger partial charge in [-0.1, -0.05) is 19.9 Å². The third-order valence-corrected chi connectivity index (χ3v) is 5.74. The molecule has 0 atom stereocenters. The zero-order valence-electron chi connectivity index (χ0n) is 17.7. The average Bonchev–Trinajstić information content (AvgIpc) is 2.64. The van der Waals surface area contributed by atoms with E-state index in [1.165, 1.54) is 30.3 Å². The van der Waals surface area contributed by atoms with Gasteiger partial charge in [0.25, 0.3) is 15.9 Å². The number of benzene rings is 2. The summed E-state index contributed by atoms with van der Waals surface area (Å²) in [6.45, 7) is 5.23. The van der Waals surface area contributed by atoms with Gasteiger partial charge in [0.05, 0.1) is 10.5 Å². The number of carbonyl (C=O) groups excluding carboxylic acids is 1. The summed E-state index contributed by atoms with van der Waals surface area (Å²) in [7, 11) is -0.240. The standard InChI is InChI=1S/C21H26F3N3O3S/c1-20(2,14-27(3)4)13-25-19(28)15-8-10-18(11-9-15)31(29,30)26-17-7-5-6-16(12-17)21(22,23)24/h5-12,26H,13-14H2,1-4H3,(H,25,28). The van der Waals surface area contributed by atoms with E-state index in [1.807, 2.05) is 32.8 Å². The molecule has 0 heterocycles. The lowest BCUT2D eigenvalue weighted by atomic mass is 9.93. The molecule has 170 valence electrons. The first-order valence-electron chi connectivity index (χ1n) is 9.43. The Kier molecular flexibility index (Phi) is 7.38. The zero-order valence-corrected chi connectivity index (χ0v) is 18.6. The molecule has 0 radical (unpaired) electrons. The van der Waals surface area contributed by atoms with E-state index in [0.29, 0.717) is 6.54 Å². The lowest BCUT2D eigenvalue weighted by molar-refractivity contribution is -0.137. The molecule has 0 fully saturated rings. The molecule has 0 saturated heterocycles. The van der Waals surface area contributed by atoms with Crippen molar-refractivity contribution in [3.05, 3.63) is 59.7 Å². The number of halogens is 3. The molecule has 1 amide bonds. The highest BCUT2D eigenvalue weighted by Gasteiger charge is 2.30. The molecule has 0 aliphatic heterocycles. The highest BCUT2D eigenvalue weighted by atomic mass is 32.2. The zero-order chi connectivity index (χ0) is 23.4. The molecule has 0 aliphatic rings. The molecule has 6 nitrogen and oxygen atoms in total. The minimum absolute atomic E-state index is 0.155. The second kappa shape index (κ2) is 9.27. The van der Waals surface area contributed by atoms with Crippen molar-refractivity contribution in [1.82, 2.24) is 10.2 Å². The Balaban J connectivity index is 2.09. The van der Waals surface area contributed by atoms with Crippen LogP contribution in [0.15, 0.2) is 53.4 Å². The van der Waals surface area contributed by atoms with Gasteiger partial charge in [0.1, 0.15) is 0 Å². The van der Waals surface area contributed by atoms with Crippen LogP contribution in [0.3, 0.4) is 0 Å². The molecule has 2 rings (SSSR count). The first-order chi connectivity index (χ1) is 14.2. The number of nitrogens with one attached hydrogen (secondary N) is 2. The summed E-state index contributed by atoms with van der Waals surface area (Å²) >= 11 is 0. The SMILES string of the molecule is CN(C)CC(C)(C)CNC(=O)c1ccc(S(=O)(=O)Nc2cccc(C(F)(F)F)c2)cc1. The van der Waals surface area contributed by atoms with Crippen molar-refractivity contribution >= 4 is 21.6 Å². The Morgan fingerprint density at radius 3 is 2.19 bits per heavy atom. The fourth-order valence-corrected chi connectivity index (χ4v) is 4.14. The van der Waals surface area contributed by atoms with Crippen LogP contribution in [0.2, 0.25) is 0 Å². The van der Waals surface area contributed by atoms with Crippen molar-refractivity contribution in [2.45, 2.75) is 24.9 Å². The molecule has 0 aromatic heterocycles. The van der Waals surface area contributed by atoms with Crippen LogP contribution in [0.5, 0.6) is 0 Å². The summed E-state index contributed by atoms with van der Waals surface area (Å²) in [6.07, 6.45) is -4.59. The van der Waals surface area contributed by atoms with Crippen LogP contribution in [0, 0.1) is 5.41 Å². The minimum Gasteiger partial charge on any atom is -0.351 e. The first kappa shape index (κ1) is 24.7. The normalized spacial score (nSPS) is 12.6. The lowest BCUT2D eigenvalue weighted by Crippen LogP contribution is -2.39. The summed E-state index contributed by atoms with van der Waals surface area (Å²) in [6, 6.07) is 9.09. The van der Waals surface area contributed by atoms with Gasteiger partial charge in [-0.3, -0.25) is 9.52 Å². The van der Waals surface area contributed by atoms with E-state index in [1.54, 1.807) is 0 Å². The second-order valence-electron chi connectivity index (χ2n) is 8.29. The summed E-state index contributed by atoms with van der Waals surface area (Å²) in [5.74, 6) is -0.346. The Morgan fingerprint density at radius 2 is 1.65 bits per heavy atom. The molecule has 2 aromatic rings. The van der Waals surface area contributed by atoms with E-state index in [9.17, 15) is 26.4 Å². The Morgan fingerprint density at radius 1 is 1.03 bits per heavy atom. The molecule has 2 N–H and O–H groups in total. The van der Waals surface area contributed by atoms with E-state index in [2.05, 4.69) is 10.0 Å². The average molecular weight is 458 g/mol. The van der Waals surface area contributed by atoms with Gasteiger partial charge in [-0.05, 0) is 62.0 Å². The fraction of sp³-hybridized carbons (Fsp3) is 0.381. The lowest BCUT2D eigenvalue weighted by Gasteiger charge is -2.28. The third-order valence-electron chi connectivity index (χ3n) is 4.34. The predicted octanol–water partition coefficient (Wildman–Crippen LogP) is 3.82. The Bertz CT molecular complexity index is 1020. The van der Waals surface area contributed by atoms with E-state index >= 15 is 0 Å². The highest BCUT2D eigenvalue weighted by molar-refractivity contribution is 7.92. The van der Waals surface area contributed by atoms with Gasteiger partial charge in [-0.2, -0.15) is 13.2 Å². The molecule has 2 aromatic carbocycles. The largest absolute Gasteiger partial charge is 0.416 e. The van der Waals surface area contributed by atoms with Crippen LogP contribution < -0.4 is 10.0 Å². The molecule has 0 bridgehead atoms. The number of anilines is 1. The third kappa shape index (κ3) is 7.25. The van der Waals surface area contributed by atoms with Gasteiger partial charge >= 0.3 is 6.18 Å². The summed E-state index contributed by atoms with van der Waals surface area (Å²) in [4.78, 5) is 14.2. The van der Waals surface area contributed by atoms with Crippen molar-refractivity contribution in [1.29, 1.82) is 0 Å². The number of sulfonamides is 1. The van der Waals surface area contributed by atoms with E-state index in [-0.39, 0.29) is 27.5 Å². The number of hydrogen-bond acceptors (Lipinski definition) is 4. The number of nitrogens with zero attached hydrogens (tertiary/aromatic N) is 1. The van der Waals surface area contributed by atoms with Gasteiger partial charge in [0, 0.05) is 24.3 Å². The summed E-state index contributed by atoms with van der Waals surface area (Å²) in [5.41, 5.74) is -1.05. The number of carbonyl (C=O) groups is 1. The molecule has 0 aliphatic carbocycles. The Hall–Kier alpha value is -2.59. The minimum atomic E-state index is -4.59. The number of alkyl halides is 3. The topological polar surface area (TPSA) is 78.5 Å². The second-order valence-corrected chi connectivity index (χ2v) is 9.98. The number of hydrogen-bond donors (Lipinski definition) is 2. The van der Waals surface area contributed by atoms with Crippen LogP contribution in [0.4, 0.5) is 18.9 Å². The van der Waals surface area contributed by atoms with Crippen LogP contribution in [0.1, 0.15) is 29.8 Å². The van der Waals surface area contributed by atoms with Crippen LogP contribution >= 0.6 is 0 Å². The summed E-state index contributed by atoms with van der Waals surface area (Å²) < 4.78 is 65.6. The van der Waals surface area contributed by atoms with Crippen molar-refractivity contribution < 1.29 is 26.4 Å². The maximum atomic E-state index is 12.8. The van der Waals surface area contributed by atoms with Gasteiger partial charge < -0.3 is 10.2 Å². The van der Waals surface area contributed by atoms with Crippen molar-refractivity contribution in [2.75, 3.05) is 31.9 Å². The maximum Gasteiger partial charge on any atom is 0.416 e. The number of amides is 1. The molecule has 31 heavy (non-hydrogen) atoms. The first-order valence-corrected chi connectivity index (χ1v) is 10.9. The number of rotatable bonds is 8. The van der Waals surface area contributed by atoms with E-state index in [4.69, 9.17) is 0 Å². The van der Waals surface area contributed by atoms with Gasteiger partial charge in [0.2, 0.25) is 0 Å². The van der Waals surface area contributed by atoms with Crippen molar-refractivity contribution in [2.24, 2.45) is 5.41 Å². The monoisotopic (exact) mass is 457 g/mol.